The van der Waals surface area contributed by atoms with Crippen molar-refractivity contribution < 1.29 is 23.8 Å². The number of rotatable bonds is 7. The summed E-state index contributed by atoms with van der Waals surface area (Å²) < 4.78 is 18.1. The fraction of sp³-hybridized carbons (Fsp3) is 0.241. The molecule has 0 N–H and O–H groups in total. The SMILES string of the molecule is C=CCN1C(=O)/C(=c2/sc3n(c2=O)[C@H](c2ccc(OC)cc2OC)C(C(=O)OCC)=C(C)N=3)c2ccccc21. The Bertz CT molecular complexity index is 1730. The highest BCUT2D eigenvalue weighted by Gasteiger charge is 2.38. The van der Waals surface area contributed by atoms with Crippen LogP contribution in [0, 0.1) is 0 Å². The maximum absolute atomic E-state index is 14.2. The van der Waals surface area contributed by atoms with E-state index in [0.29, 0.717) is 50.9 Å². The van der Waals surface area contributed by atoms with E-state index in [9.17, 15) is 14.4 Å². The molecule has 10 heteroatoms. The molecule has 0 saturated heterocycles. The van der Waals surface area contributed by atoms with Gasteiger partial charge in [0.05, 0.1) is 43.4 Å². The lowest BCUT2D eigenvalue weighted by Gasteiger charge is -2.26. The first-order chi connectivity index (χ1) is 18.9. The van der Waals surface area contributed by atoms with Crippen molar-refractivity contribution in [3.8, 4) is 11.5 Å². The van der Waals surface area contributed by atoms with E-state index in [1.54, 1.807) is 50.1 Å². The molecule has 39 heavy (non-hydrogen) atoms. The van der Waals surface area contributed by atoms with E-state index in [4.69, 9.17) is 14.2 Å². The van der Waals surface area contributed by atoms with Crippen molar-refractivity contribution in [3.63, 3.8) is 0 Å². The van der Waals surface area contributed by atoms with Gasteiger partial charge in [-0.15, -0.1) is 6.58 Å². The highest BCUT2D eigenvalue weighted by Crippen LogP contribution is 2.38. The summed E-state index contributed by atoms with van der Waals surface area (Å²) in [6, 6.07) is 11.6. The average molecular weight is 546 g/mol. The number of carbonyl (C=O) groups is 2. The van der Waals surface area contributed by atoms with Crippen LogP contribution in [0.25, 0.3) is 5.57 Å². The van der Waals surface area contributed by atoms with Crippen LogP contribution in [0.2, 0.25) is 0 Å². The van der Waals surface area contributed by atoms with Crippen LogP contribution < -0.4 is 29.3 Å². The summed E-state index contributed by atoms with van der Waals surface area (Å²) in [7, 11) is 3.05. The van der Waals surface area contributed by atoms with E-state index in [2.05, 4.69) is 11.6 Å². The molecular formula is C29H27N3O6S. The number of esters is 1. The zero-order chi connectivity index (χ0) is 27.8. The number of allylic oxidation sites excluding steroid dienone is 1. The Kier molecular flexibility index (Phi) is 6.96. The Balaban J connectivity index is 1.84. The number of hydrogen-bond acceptors (Lipinski definition) is 8. The number of aromatic nitrogens is 1. The number of anilines is 1. The minimum Gasteiger partial charge on any atom is -0.497 e. The molecule has 1 amide bonds. The Hall–Kier alpha value is -4.44. The van der Waals surface area contributed by atoms with Crippen molar-refractivity contribution >= 4 is 34.5 Å². The van der Waals surface area contributed by atoms with Crippen LogP contribution >= 0.6 is 11.3 Å². The lowest BCUT2D eigenvalue weighted by atomic mass is 9.95. The van der Waals surface area contributed by atoms with Crippen molar-refractivity contribution in [1.29, 1.82) is 0 Å². The molecule has 3 aromatic rings. The molecule has 0 radical (unpaired) electrons. The molecule has 9 nitrogen and oxygen atoms in total. The van der Waals surface area contributed by atoms with Crippen LogP contribution in [-0.4, -0.2) is 43.8 Å². The number of carbonyl (C=O) groups excluding carboxylic acids is 2. The maximum Gasteiger partial charge on any atom is 0.338 e. The fourth-order valence-corrected chi connectivity index (χ4v) is 6.13. The maximum atomic E-state index is 14.2. The number of fused-ring (bicyclic) bond motifs is 2. The number of methoxy groups -OCH3 is 2. The van der Waals surface area contributed by atoms with Crippen LogP contribution in [0.5, 0.6) is 11.5 Å². The Morgan fingerprint density at radius 1 is 1.15 bits per heavy atom. The number of ether oxygens (including phenoxy) is 3. The first kappa shape index (κ1) is 26.2. The van der Waals surface area contributed by atoms with E-state index in [-0.39, 0.29) is 22.6 Å². The summed E-state index contributed by atoms with van der Waals surface area (Å²) in [4.78, 5) is 47.7. The monoisotopic (exact) mass is 545 g/mol. The van der Waals surface area contributed by atoms with Gasteiger partial charge in [0.15, 0.2) is 4.80 Å². The quantitative estimate of drug-likeness (QED) is 0.335. The summed E-state index contributed by atoms with van der Waals surface area (Å²) >= 11 is 1.12. The van der Waals surface area contributed by atoms with Crippen molar-refractivity contribution in [2.45, 2.75) is 19.9 Å². The largest absolute Gasteiger partial charge is 0.497 e. The third-order valence-corrected chi connectivity index (χ3v) is 7.74. The molecule has 0 unspecified atom stereocenters. The molecule has 0 aliphatic carbocycles. The minimum absolute atomic E-state index is 0.154. The third-order valence-electron chi connectivity index (χ3n) is 6.69. The van der Waals surface area contributed by atoms with Gasteiger partial charge < -0.3 is 19.1 Å². The van der Waals surface area contributed by atoms with Gasteiger partial charge in [-0.2, -0.15) is 0 Å². The first-order valence-electron chi connectivity index (χ1n) is 12.3. The van der Waals surface area contributed by atoms with Gasteiger partial charge in [-0.25, -0.2) is 9.79 Å². The van der Waals surface area contributed by atoms with E-state index in [1.165, 1.54) is 11.7 Å². The van der Waals surface area contributed by atoms with Crippen LogP contribution in [0.3, 0.4) is 0 Å². The van der Waals surface area contributed by atoms with Gasteiger partial charge in [0.1, 0.15) is 22.1 Å². The standard InChI is InChI=1S/C29H27N3O6S/c1-6-14-31-20-11-9-8-10-18(20)23(26(31)33)25-27(34)32-24(19-13-12-17(36-4)15-21(19)37-5)22(28(35)38-7-2)16(3)30-29(32)39-25/h6,8-13,15,24H,1,7,14H2,2-5H3/b25-23+/t24-/m1/s1. The van der Waals surface area contributed by atoms with Crippen LogP contribution in [-0.2, 0) is 14.3 Å². The number of thiazole rings is 1. The fourth-order valence-electron chi connectivity index (χ4n) is 4.99. The summed E-state index contributed by atoms with van der Waals surface area (Å²) in [6.07, 6.45) is 1.64. The summed E-state index contributed by atoms with van der Waals surface area (Å²) in [6.45, 7) is 7.64. The average Bonchev–Trinajstić information content (AvgIpc) is 3.40. The summed E-state index contributed by atoms with van der Waals surface area (Å²) in [5, 5.41) is 0. The normalized spacial score (nSPS) is 17.4. The summed E-state index contributed by atoms with van der Waals surface area (Å²) in [5.41, 5.74) is 2.43. The van der Waals surface area contributed by atoms with Gasteiger partial charge in [-0.1, -0.05) is 35.6 Å². The second-order valence-electron chi connectivity index (χ2n) is 8.83. The van der Waals surface area contributed by atoms with Crippen molar-refractivity contribution in [2.24, 2.45) is 4.99 Å². The van der Waals surface area contributed by atoms with Crippen LogP contribution in [0.4, 0.5) is 5.69 Å². The van der Waals surface area contributed by atoms with Gasteiger partial charge >= 0.3 is 5.97 Å². The third kappa shape index (κ3) is 4.17. The van der Waals surface area contributed by atoms with E-state index in [1.807, 2.05) is 24.3 Å². The molecule has 0 bridgehead atoms. The molecule has 2 aliphatic rings. The first-order valence-corrected chi connectivity index (χ1v) is 13.1. The molecule has 1 aromatic heterocycles. The molecule has 2 aromatic carbocycles. The predicted molar refractivity (Wildman–Crippen MR) is 148 cm³/mol. The van der Waals surface area contributed by atoms with Gasteiger partial charge in [-0.05, 0) is 32.0 Å². The highest BCUT2D eigenvalue weighted by atomic mass is 32.1. The molecule has 0 saturated carbocycles. The Morgan fingerprint density at radius 3 is 2.62 bits per heavy atom. The molecule has 0 spiro atoms. The van der Waals surface area contributed by atoms with Crippen LogP contribution in [0.1, 0.15) is 31.0 Å². The molecule has 5 rings (SSSR count). The molecule has 0 fully saturated rings. The molecule has 3 heterocycles. The Morgan fingerprint density at radius 2 is 1.92 bits per heavy atom. The molecule has 1 atom stereocenters. The zero-order valence-corrected chi connectivity index (χ0v) is 22.8. The lowest BCUT2D eigenvalue weighted by Crippen LogP contribution is -2.41. The lowest BCUT2D eigenvalue weighted by molar-refractivity contribution is -0.139. The highest BCUT2D eigenvalue weighted by molar-refractivity contribution is 7.07. The van der Waals surface area contributed by atoms with Crippen molar-refractivity contribution in [3.05, 3.63) is 97.2 Å². The van der Waals surface area contributed by atoms with E-state index < -0.39 is 17.6 Å². The number of para-hydroxylation sites is 1. The summed E-state index contributed by atoms with van der Waals surface area (Å²) in [5.74, 6) is 0.105. The van der Waals surface area contributed by atoms with Gasteiger partial charge in [0, 0.05) is 23.7 Å². The molecular weight excluding hydrogens is 518 g/mol. The smallest absolute Gasteiger partial charge is 0.338 e. The second kappa shape index (κ2) is 10.4. The van der Waals surface area contributed by atoms with Crippen LogP contribution in [0.15, 0.2) is 76.2 Å². The Labute approximate surface area is 228 Å². The van der Waals surface area contributed by atoms with Gasteiger partial charge in [-0.3, -0.25) is 14.2 Å². The minimum atomic E-state index is -0.897. The van der Waals surface area contributed by atoms with Gasteiger partial charge in [0.2, 0.25) is 0 Å². The number of amides is 1. The topological polar surface area (TPSA) is 99.4 Å². The number of benzene rings is 2. The van der Waals surface area contributed by atoms with E-state index in [0.717, 1.165) is 11.3 Å². The molecule has 2 aliphatic heterocycles. The van der Waals surface area contributed by atoms with Crippen molar-refractivity contribution in [1.82, 2.24) is 4.57 Å². The number of nitrogens with zero attached hydrogens (tertiary/aromatic N) is 3. The van der Waals surface area contributed by atoms with E-state index >= 15 is 0 Å². The van der Waals surface area contributed by atoms with Gasteiger partial charge in [0.25, 0.3) is 11.5 Å². The second-order valence-corrected chi connectivity index (χ2v) is 9.80. The zero-order valence-electron chi connectivity index (χ0n) is 22.0. The number of hydrogen-bond donors (Lipinski definition) is 0. The van der Waals surface area contributed by atoms with Crippen molar-refractivity contribution in [2.75, 3.05) is 32.3 Å². The predicted octanol–water partition coefficient (Wildman–Crippen LogP) is 2.72. The molecule has 200 valence electrons.